The quantitative estimate of drug-likeness (QED) is 0.753. The summed E-state index contributed by atoms with van der Waals surface area (Å²) in [5, 5.41) is 10.3. The monoisotopic (exact) mass is 257 g/mol. The molecule has 96 valence electrons. The van der Waals surface area contributed by atoms with Crippen LogP contribution in [0.15, 0.2) is 48.5 Å². The van der Waals surface area contributed by atoms with Crippen molar-refractivity contribution in [3.8, 4) is 11.5 Å². The van der Waals surface area contributed by atoms with Crippen LogP contribution < -0.4 is 4.74 Å². The van der Waals surface area contributed by atoms with Gasteiger partial charge in [-0.15, -0.1) is 0 Å². The fourth-order valence-electron chi connectivity index (χ4n) is 1.95. The van der Waals surface area contributed by atoms with Crippen LogP contribution >= 0.6 is 0 Å². The Hall–Kier alpha value is -2.49. The van der Waals surface area contributed by atoms with Gasteiger partial charge in [-0.2, -0.15) is 0 Å². The number of H-pyrrole nitrogens is 1. The molecule has 4 heteroatoms. The molecule has 0 bridgehead atoms. The predicted molar refractivity (Wildman–Crippen MR) is 70.7 cm³/mol. The molecule has 3 aromatic rings. The topological polar surface area (TPSA) is 45.2 Å². The number of fused-ring (bicyclic) bond motifs is 1. The number of rotatable bonds is 3. The molecule has 0 saturated carbocycles. The Balaban J connectivity index is 1.76. The number of aromatic nitrogens is 1. The fourth-order valence-corrected chi connectivity index (χ4v) is 1.95. The summed E-state index contributed by atoms with van der Waals surface area (Å²) in [6.45, 7) is 0.362. The van der Waals surface area contributed by atoms with Gasteiger partial charge in [0.2, 0.25) is 0 Å². The number of phenolic OH excluding ortho intramolecular Hbond substituents is 1. The Morgan fingerprint density at radius 3 is 2.63 bits per heavy atom. The number of hydrogen-bond acceptors (Lipinski definition) is 2. The van der Waals surface area contributed by atoms with E-state index < -0.39 is 0 Å². The Kier molecular flexibility index (Phi) is 2.83. The van der Waals surface area contributed by atoms with Crippen molar-refractivity contribution < 1.29 is 14.2 Å². The van der Waals surface area contributed by atoms with Crippen molar-refractivity contribution in [1.82, 2.24) is 4.98 Å². The maximum atomic E-state index is 12.7. The van der Waals surface area contributed by atoms with E-state index in [-0.39, 0.29) is 11.6 Å². The first-order valence-electron chi connectivity index (χ1n) is 5.90. The second-order valence-corrected chi connectivity index (χ2v) is 4.31. The number of hydrogen-bond donors (Lipinski definition) is 2. The largest absolute Gasteiger partial charge is 0.508 e. The summed E-state index contributed by atoms with van der Waals surface area (Å²) in [5.41, 5.74) is 1.83. The molecule has 2 N–H and O–H groups in total. The molecule has 3 nitrogen and oxygen atoms in total. The summed E-state index contributed by atoms with van der Waals surface area (Å²) in [7, 11) is 0. The Bertz CT molecular complexity index is 704. The highest BCUT2D eigenvalue weighted by atomic mass is 19.1. The zero-order valence-electron chi connectivity index (χ0n) is 10.1. The molecule has 19 heavy (non-hydrogen) atoms. The van der Waals surface area contributed by atoms with Crippen molar-refractivity contribution in [2.24, 2.45) is 0 Å². The zero-order valence-corrected chi connectivity index (χ0v) is 10.1. The lowest BCUT2D eigenvalue weighted by atomic mass is 10.2. The molecule has 0 unspecified atom stereocenters. The molecule has 0 amide bonds. The van der Waals surface area contributed by atoms with Crippen LogP contribution in [0.5, 0.6) is 11.5 Å². The first-order chi connectivity index (χ1) is 9.20. The van der Waals surface area contributed by atoms with E-state index in [2.05, 4.69) is 4.98 Å². The third-order valence-corrected chi connectivity index (χ3v) is 2.87. The van der Waals surface area contributed by atoms with Crippen LogP contribution in [0.25, 0.3) is 10.9 Å². The summed E-state index contributed by atoms with van der Waals surface area (Å²) in [4.78, 5) is 3.19. The second kappa shape index (κ2) is 4.65. The van der Waals surface area contributed by atoms with Gasteiger partial charge in [0.05, 0.1) is 5.69 Å². The molecule has 0 saturated heterocycles. The smallest absolute Gasteiger partial charge is 0.128 e. The number of ether oxygens (including phenoxy) is 1. The minimum atomic E-state index is -0.284. The summed E-state index contributed by atoms with van der Waals surface area (Å²) in [6, 6.07) is 12.9. The number of halogens is 1. The van der Waals surface area contributed by atoms with Gasteiger partial charge in [-0.1, -0.05) is 0 Å². The number of nitrogens with one attached hydrogen (secondary N) is 1. The van der Waals surface area contributed by atoms with Gasteiger partial charge in [-0.05, 0) is 48.5 Å². The van der Waals surface area contributed by atoms with Crippen LogP contribution in [0.3, 0.4) is 0 Å². The second-order valence-electron chi connectivity index (χ2n) is 4.31. The molecule has 0 aliphatic rings. The Morgan fingerprint density at radius 2 is 1.84 bits per heavy atom. The minimum absolute atomic E-state index is 0.234. The van der Waals surface area contributed by atoms with E-state index in [4.69, 9.17) is 4.74 Å². The molecule has 1 aromatic heterocycles. The van der Waals surface area contributed by atoms with Gasteiger partial charge in [0.1, 0.15) is 23.9 Å². The highest BCUT2D eigenvalue weighted by Gasteiger charge is 2.03. The Morgan fingerprint density at radius 1 is 1.05 bits per heavy atom. The molecule has 0 aliphatic carbocycles. The lowest BCUT2D eigenvalue weighted by Gasteiger charge is -2.03. The number of benzene rings is 2. The van der Waals surface area contributed by atoms with E-state index >= 15 is 0 Å². The Labute approximate surface area is 109 Å². The van der Waals surface area contributed by atoms with Crippen molar-refractivity contribution in [3.63, 3.8) is 0 Å². The molecule has 2 aromatic carbocycles. The average molecular weight is 257 g/mol. The average Bonchev–Trinajstić information content (AvgIpc) is 2.80. The summed E-state index contributed by atoms with van der Waals surface area (Å²) in [5.74, 6) is 0.564. The third-order valence-electron chi connectivity index (χ3n) is 2.87. The lowest BCUT2D eigenvalue weighted by molar-refractivity contribution is 0.302. The fraction of sp³-hybridized carbons (Fsp3) is 0.0667. The van der Waals surface area contributed by atoms with Crippen LogP contribution in [-0.4, -0.2) is 10.1 Å². The van der Waals surface area contributed by atoms with Crippen molar-refractivity contribution in [3.05, 3.63) is 60.0 Å². The van der Waals surface area contributed by atoms with E-state index in [9.17, 15) is 9.50 Å². The van der Waals surface area contributed by atoms with Crippen molar-refractivity contribution in [1.29, 1.82) is 0 Å². The van der Waals surface area contributed by atoms with Gasteiger partial charge < -0.3 is 14.8 Å². The van der Waals surface area contributed by atoms with E-state index in [0.717, 1.165) is 16.6 Å². The molecular formula is C15H12FNO2. The van der Waals surface area contributed by atoms with Crippen LogP contribution in [0, 0.1) is 5.82 Å². The van der Waals surface area contributed by atoms with Crippen LogP contribution in [0.1, 0.15) is 5.69 Å². The first kappa shape index (κ1) is 11.6. The highest BCUT2D eigenvalue weighted by Crippen LogP contribution is 2.21. The predicted octanol–water partition coefficient (Wildman–Crippen LogP) is 3.59. The van der Waals surface area contributed by atoms with Gasteiger partial charge in [-0.25, -0.2) is 4.39 Å². The van der Waals surface area contributed by atoms with Gasteiger partial charge >= 0.3 is 0 Å². The molecule has 0 aliphatic heterocycles. The summed E-state index contributed by atoms with van der Waals surface area (Å²) in [6.07, 6.45) is 0. The number of phenols is 1. The van der Waals surface area contributed by atoms with Crippen LogP contribution in [0.2, 0.25) is 0 Å². The molecule has 0 fully saturated rings. The van der Waals surface area contributed by atoms with Crippen molar-refractivity contribution >= 4 is 10.9 Å². The van der Waals surface area contributed by atoms with Gasteiger partial charge in [0.25, 0.3) is 0 Å². The van der Waals surface area contributed by atoms with Crippen molar-refractivity contribution in [2.45, 2.75) is 6.61 Å². The van der Waals surface area contributed by atoms with E-state index in [1.807, 2.05) is 12.1 Å². The van der Waals surface area contributed by atoms with Crippen LogP contribution in [0.4, 0.5) is 4.39 Å². The standard InChI is InChI=1S/C15H12FNO2/c16-11-1-4-14(5-2-11)19-9-12-7-10-8-13(18)3-6-15(10)17-12/h1-8,17-18H,9H2. The lowest BCUT2D eigenvalue weighted by Crippen LogP contribution is -1.95. The minimum Gasteiger partial charge on any atom is -0.508 e. The first-order valence-corrected chi connectivity index (χ1v) is 5.90. The molecule has 0 radical (unpaired) electrons. The van der Waals surface area contributed by atoms with E-state index in [0.29, 0.717) is 12.4 Å². The third kappa shape index (κ3) is 2.52. The molecule has 1 heterocycles. The number of aromatic amines is 1. The maximum Gasteiger partial charge on any atom is 0.128 e. The number of aromatic hydroxyl groups is 1. The van der Waals surface area contributed by atoms with Crippen LogP contribution in [-0.2, 0) is 6.61 Å². The van der Waals surface area contributed by atoms with Crippen molar-refractivity contribution in [2.75, 3.05) is 0 Å². The van der Waals surface area contributed by atoms with Gasteiger partial charge in [0, 0.05) is 10.9 Å². The molecule has 3 rings (SSSR count). The molecule has 0 atom stereocenters. The van der Waals surface area contributed by atoms with E-state index in [1.165, 1.54) is 12.1 Å². The molecular weight excluding hydrogens is 245 g/mol. The van der Waals surface area contributed by atoms with Gasteiger partial charge in [-0.3, -0.25) is 0 Å². The summed E-state index contributed by atoms with van der Waals surface area (Å²) >= 11 is 0. The van der Waals surface area contributed by atoms with Gasteiger partial charge in [0.15, 0.2) is 0 Å². The highest BCUT2D eigenvalue weighted by molar-refractivity contribution is 5.81. The SMILES string of the molecule is Oc1ccc2[nH]c(COc3ccc(F)cc3)cc2c1. The normalized spacial score (nSPS) is 10.8. The maximum absolute atomic E-state index is 12.7. The van der Waals surface area contributed by atoms with E-state index in [1.54, 1.807) is 24.3 Å². The molecule has 0 spiro atoms. The summed E-state index contributed by atoms with van der Waals surface area (Å²) < 4.78 is 18.3. The zero-order chi connectivity index (χ0) is 13.2.